The third kappa shape index (κ3) is 6.94. The van der Waals surface area contributed by atoms with Gasteiger partial charge in [0.15, 0.2) is 0 Å². The Labute approximate surface area is 246 Å². The molecule has 0 spiro atoms. The van der Waals surface area contributed by atoms with E-state index in [4.69, 9.17) is 4.42 Å². The van der Waals surface area contributed by atoms with Crippen molar-refractivity contribution in [2.24, 2.45) is 5.92 Å². The molecule has 1 fully saturated rings. The maximum atomic E-state index is 14.4. The van der Waals surface area contributed by atoms with Crippen molar-refractivity contribution >= 4 is 27.8 Å². The fourth-order valence-corrected chi connectivity index (χ4v) is 5.59. The van der Waals surface area contributed by atoms with Gasteiger partial charge in [0.2, 0.25) is 0 Å². The molecule has 0 radical (unpaired) electrons. The van der Waals surface area contributed by atoms with Crippen LogP contribution in [-0.4, -0.2) is 17.4 Å². The van der Waals surface area contributed by atoms with Gasteiger partial charge < -0.3 is 14.6 Å². The summed E-state index contributed by atoms with van der Waals surface area (Å²) in [4.78, 5) is 16.3. The van der Waals surface area contributed by atoms with Crippen LogP contribution in [0.25, 0.3) is 21.9 Å². The summed E-state index contributed by atoms with van der Waals surface area (Å²) >= 11 is 0. The number of furan rings is 1. The quantitative estimate of drug-likeness (QED) is 0.131. The Morgan fingerprint density at radius 3 is 2.59 bits per heavy atom. The molecule has 1 unspecified atom stereocenters. The van der Waals surface area contributed by atoms with E-state index in [-0.39, 0.29) is 11.9 Å². The Bertz CT molecular complexity index is 1510. The fraction of sp³-hybridized carbons (Fsp3) is 0.405. The lowest BCUT2D eigenvalue weighted by molar-refractivity contribution is -0.125. The molecule has 1 N–H and O–H groups in total. The molecule has 0 bridgehead atoms. The van der Waals surface area contributed by atoms with Crippen molar-refractivity contribution < 1.29 is 9.21 Å². The second kappa shape index (κ2) is 14.2. The van der Waals surface area contributed by atoms with Crippen molar-refractivity contribution in [1.29, 1.82) is 0 Å². The molecule has 1 heterocycles. The summed E-state index contributed by atoms with van der Waals surface area (Å²) in [6.45, 7) is 14.7. The van der Waals surface area contributed by atoms with E-state index < -0.39 is 0 Å². The maximum absolute atomic E-state index is 14.4. The smallest absolute Gasteiger partial charge is 0.274 e. The van der Waals surface area contributed by atoms with E-state index in [0.29, 0.717) is 12.2 Å². The summed E-state index contributed by atoms with van der Waals surface area (Å²) in [5.41, 5.74) is 9.69. The highest BCUT2D eigenvalue weighted by atomic mass is 16.3. The molecule has 2 aromatic carbocycles. The molecule has 4 nitrogen and oxygen atoms in total. The minimum atomic E-state index is -0.0800. The molecule has 1 saturated carbocycles. The number of nitrogens with one attached hydrogen (secondary N) is 1. The third-order valence-corrected chi connectivity index (χ3v) is 8.43. The number of carbonyl (C=O) groups excluding carboxylic acids is 1. The maximum Gasteiger partial charge on any atom is 0.274 e. The van der Waals surface area contributed by atoms with Gasteiger partial charge in [-0.3, -0.25) is 4.79 Å². The van der Waals surface area contributed by atoms with E-state index in [9.17, 15) is 4.79 Å². The average molecular weight is 551 g/mol. The molecule has 1 aromatic heterocycles. The van der Waals surface area contributed by atoms with E-state index in [1.165, 1.54) is 24.8 Å². The third-order valence-electron chi connectivity index (χ3n) is 8.43. The number of para-hydroxylation sites is 1. The van der Waals surface area contributed by atoms with Crippen LogP contribution in [0, 0.1) is 5.92 Å². The summed E-state index contributed by atoms with van der Waals surface area (Å²) in [5.74, 6) is 0.762. The molecule has 1 atom stereocenters. The zero-order valence-electron chi connectivity index (χ0n) is 25.6. The van der Waals surface area contributed by atoms with Gasteiger partial charge in [0, 0.05) is 22.5 Å². The van der Waals surface area contributed by atoms with Crippen molar-refractivity contribution in [3.63, 3.8) is 0 Å². The first kappa shape index (κ1) is 30.2. The number of carbonyl (C=O) groups is 1. The van der Waals surface area contributed by atoms with Crippen molar-refractivity contribution in [3.05, 3.63) is 101 Å². The number of hydrogen-bond acceptors (Lipinski definition) is 3. The summed E-state index contributed by atoms with van der Waals surface area (Å²) in [6.07, 6.45) is 14.1. The van der Waals surface area contributed by atoms with Crippen molar-refractivity contribution in [1.82, 2.24) is 10.2 Å². The molecule has 41 heavy (non-hydrogen) atoms. The SMILES string of the molecule is C=C=CCN(C(=O)/C(NC(C)c1ccc2oc3ccccc3c2c1)=C(\C)CC)C(=C\C)/C(=C/CC1CCC1)CCC. The van der Waals surface area contributed by atoms with Crippen LogP contribution >= 0.6 is 0 Å². The number of allylic oxidation sites excluding steroid dienone is 4. The number of benzene rings is 2. The second-order valence-corrected chi connectivity index (χ2v) is 11.2. The van der Waals surface area contributed by atoms with Gasteiger partial charge in [-0.15, -0.1) is 5.73 Å². The van der Waals surface area contributed by atoms with Crippen LogP contribution in [0.15, 0.2) is 100.0 Å². The predicted molar refractivity (Wildman–Crippen MR) is 172 cm³/mol. The van der Waals surface area contributed by atoms with Gasteiger partial charge in [-0.1, -0.05) is 82.5 Å². The topological polar surface area (TPSA) is 45.5 Å². The largest absolute Gasteiger partial charge is 0.456 e. The van der Waals surface area contributed by atoms with Crippen LogP contribution in [0.5, 0.6) is 0 Å². The number of rotatable bonds is 13. The van der Waals surface area contributed by atoms with Crippen LogP contribution < -0.4 is 5.32 Å². The Kier molecular flexibility index (Phi) is 10.5. The number of amides is 1. The molecule has 216 valence electrons. The van der Waals surface area contributed by atoms with Gasteiger partial charge >= 0.3 is 0 Å². The van der Waals surface area contributed by atoms with E-state index in [1.54, 1.807) is 0 Å². The van der Waals surface area contributed by atoms with Gasteiger partial charge in [-0.05, 0) is 86.9 Å². The van der Waals surface area contributed by atoms with Crippen LogP contribution in [0.4, 0.5) is 0 Å². The van der Waals surface area contributed by atoms with Gasteiger partial charge in [-0.25, -0.2) is 0 Å². The molecular weight excluding hydrogens is 504 g/mol. The van der Waals surface area contributed by atoms with E-state index in [1.807, 2.05) is 42.2 Å². The van der Waals surface area contributed by atoms with Crippen LogP contribution in [0.1, 0.15) is 91.2 Å². The minimum absolute atomic E-state index is 0.0173. The average Bonchev–Trinajstić information content (AvgIpc) is 3.34. The van der Waals surface area contributed by atoms with E-state index in [2.05, 4.69) is 75.7 Å². The van der Waals surface area contributed by atoms with Gasteiger partial charge in [0.05, 0.1) is 12.2 Å². The van der Waals surface area contributed by atoms with Gasteiger partial charge in [0.1, 0.15) is 11.2 Å². The van der Waals surface area contributed by atoms with Crippen molar-refractivity contribution in [2.45, 2.75) is 85.6 Å². The summed E-state index contributed by atoms with van der Waals surface area (Å²) in [7, 11) is 0. The molecule has 4 rings (SSSR count). The molecule has 0 saturated heterocycles. The molecule has 1 aliphatic rings. The lowest BCUT2D eigenvalue weighted by atomic mass is 9.82. The Morgan fingerprint density at radius 1 is 1.17 bits per heavy atom. The Balaban J connectivity index is 1.66. The van der Waals surface area contributed by atoms with E-state index >= 15 is 0 Å². The van der Waals surface area contributed by atoms with Gasteiger partial charge in [0.25, 0.3) is 5.91 Å². The molecule has 3 aromatic rings. The number of nitrogens with zero attached hydrogens (tertiary/aromatic N) is 1. The first-order valence-corrected chi connectivity index (χ1v) is 15.3. The first-order chi connectivity index (χ1) is 19.9. The van der Waals surface area contributed by atoms with Crippen LogP contribution in [0.3, 0.4) is 0 Å². The summed E-state index contributed by atoms with van der Waals surface area (Å²) in [5, 5.41) is 5.82. The Morgan fingerprint density at radius 2 is 1.93 bits per heavy atom. The molecule has 0 aliphatic heterocycles. The van der Waals surface area contributed by atoms with Crippen LogP contribution in [0.2, 0.25) is 0 Å². The fourth-order valence-electron chi connectivity index (χ4n) is 5.59. The van der Waals surface area contributed by atoms with Crippen molar-refractivity contribution in [3.8, 4) is 0 Å². The highest BCUT2D eigenvalue weighted by molar-refractivity contribution is 6.05. The predicted octanol–water partition coefficient (Wildman–Crippen LogP) is 9.91. The summed E-state index contributed by atoms with van der Waals surface area (Å²) in [6, 6.07) is 14.3. The van der Waals surface area contributed by atoms with Gasteiger partial charge in [-0.2, -0.15) is 0 Å². The monoisotopic (exact) mass is 550 g/mol. The number of hydrogen-bond donors (Lipinski definition) is 1. The molecular formula is C37H46N2O2. The summed E-state index contributed by atoms with van der Waals surface area (Å²) < 4.78 is 6.04. The number of fused-ring (bicyclic) bond motifs is 3. The zero-order chi connectivity index (χ0) is 29.4. The standard InChI is InChI=1S/C37H46N2O2/c1-7-11-24-39(33(10-4)29(15-8-2)21-20-28-16-14-17-28)37(40)36(26(5)9-3)38-27(6)30-22-23-35-32(25-30)31-18-12-13-19-34(31)41-35/h10-13,18-19,21-23,25,27-28,38H,1,8-9,14-17,20,24H2,2-6H3/b29-21+,33-10-,36-26-. The van der Waals surface area contributed by atoms with Crippen molar-refractivity contribution in [2.75, 3.05) is 6.54 Å². The molecule has 1 amide bonds. The Hall–Kier alpha value is -3.75. The minimum Gasteiger partial charge on any atom is -0.456 e. The van der Waals surface area contributed by atoms with Crippen LogP contribution in [-0.2, 0) is 4.79 Å². The zero-order valence-corrected chi connectivity index (χ0v) is 25.6. The molecule has 1 aliphatic carbocycles. The lowest BCUT2D eigenvalue weighted by Gasteiger charge is -2.30. The first-order valence-electron chi connectivity index (χ1n) is 15.3. The molecule has 4 heteroatoms. The van der Waals surface area contributed by atoms with E-state index in [0.717, 1.165) is 70.4 Å². The highest BCUT2D eigenvalue weighted by Crippen LogP contribution is 2.33. The second-order valence-electron chi connectivity index (χ2n) is 11.2. The highest BCUT2D eigenvalue weighted by Gasteiger charge is 2.26. The normalized spacial score (nSPS) is 15.7. The lowest BCUT2D eigenvalue weighted by Crippen LogP contribution is -2.38.